The van der Waals surface area contributed by atoms with Gasteiger partial charge in [-0.2, -0.15) is 0 Å². The summed E-state index contributed by atoms with van der Waals surface area (Å²) in [6, 6.07) is 9.05. The SMILES string of the molecule is CCOP(C)(=O)c1ccc2c(C(C)=O)cn(CC(=O)N3[C@@H]4CCC[C@@H]4C[C@H]3C(=O)NCc3cccc(Cl)c3F)c2c1. The Morgan fingerprint density at radius 1 is 1.20 bits per heavy atom. The van der Waals surface area contributed by atoms with Crippen LogP contribution in [0.25, 0.3) is 10.9 Å². The quantitative estimate of drug-likeness (QED) is 0.265. The lowest BCUT2D eigenvalue weighted by Crippen LogP contribution is -2.49. The minimum absolute atomic E-state index is 0.0170. The summed E-state index contributed by atoms with van der Waals surface area (Å²) in [5, 5.41) is 3.94. The molecule has 8 nitrogen and oxygen atoms in total. The summed E-state index contributed by atoms with van der Waals surface area (Å²) in [6.07, 6.45) is 4.92. The van der Waals surface area contributed by atoms with Crippen LogP contribution in [0.15, 0.2) is 42.6 Å². The number of carbonyl (C=O) groups is 3. The molecule has 2 fully saturated rings. The van der Waals surface area contributed by atoms with E-state index in [1.165, 1.54) is 13.0 Å². The van der Waals surface area contributed by atoms with Gasteiger partial charge in [-0.25, -0.2) is 4.39 Å². The third-order valence-corrected chi connectivity index (χ3v) is 10.6. The number of hydrogen-bond donors (Lipinski definition) is 1. The Hall–Kier alpha value is -3.00. The lowest BCUT2D eigenvalue weighted by atomic mass is 10.0. The van der Waals surface area contributed by atoms with Crippen LogP contribution in [0.2, 0.25) is 5.02 Å². The van der Waals surface area contributed by atoms with Gasteiger partial charge in [-0.05, 0) is 57.2 Å². The number of ketones is 1. The van der Waals surface area contributed by atoms with E-state index in [1.54, 1.807) is 59.6 Å². The minimum atomic E-state index is -3.10. The van der Waals surface area contributed by atoms with Crippen molar-refractivity contribution in [2.75, 3.05) is 13.3 Å². The topological polar surface area (TPSA) is 97.7 Å². The van der Waals surface area contributed by atoms with Crippen LogP contribution in [0.3, 0.4) is 0 Å². The van der Waals surface area contributed by atoms with Gasteiger partial charge in [0.1, 0.15) is 18.4 Å². The van der Waals surface area contributed by atoms with Crippen molar-refractivity contribution in [1.82, 2.24) is 14.8 Å². The zero-order chi connectivity index (χ0) is 29.5. The predicted octanol–water partition coefficient (Wildman–Crippen LogP) is 5.29. The molecule has 3 aromatic rings. The molecule has 2 heterocycles. The van der Waals surface area contributed by atoms with Crippen molar-refractivity contribution >= 4 is 52.8 Å². The monoisotopic (exact) mass is 601 g/mol. The van der Waals surface area contributed by atoms with Gasteiger partial charge in [0.25, 0.3) is 0 Å². The molecule has 0 spiro atoms. The van der Waals surface area contributed by atoms with Crippen LogP contribution in [-0.4, -0.2) is 52.4 Å². The Labute approximate surface area is 243 Å². The molecule has 1 N–H and O–H groups in total. The molecular weight excluding hydrogens is 568 g/mol. The van der Waals surface area contributed by atoms with Crippen molar-refractivity contribution in [3.63, 3.8) is 0 Å². The molecule has 2 aromatic carbocycles. The van der Waals surface area contributed by atoms with E-state index in [2.05, 4.69) is 5.32 Å². The van der Waals surface area contributed by atoms with Crippen molar-refractivity contribution in [2.45, 2.75) is 64.7 Å². The smallest absolute Gasteiger partial charge is 0.243 e. The summed E-state index contributed by atoms with van der Waals surface area (Å²) in [4.78, 5) is 41.5. The third-order valence-electron chi connectivity index (χ3n) is 8.31. The summed E-state index contributed by atoms with van der Waals surface area (Å²) in [5.74, 6) is -1.08. The lowest BCUT2D eigenvalue weighted by molar-refractivity contribution is -0.141. The number of aromatic nitrogens is 1. The maximum absolute atomic E-state index is 14.4. The normalized spacial score (nSPS) is 21.6. The van der Waals surface area contributed by atoms with Crippen molar-refractivity contribution < 1.29 is 27.9 Å². The first-order valence-corrected chi connectivity index (χ1v) is 16.3. The first-order valence-electron chi connectivity index (χ1n) is 13.9. The van der Waals surface area contributed by atoms with Gasteiger partial charge in [0.05, 0.1) is 17.1 Å². The van der Waals surface area contributed by atoms with Gasteiger partial charge in [0.2, 0.25) is 19.2 Å². The number of nitrogens with zero attached hydrogens (tertiary/aromatic N) is 2. The van der Waals surface area contributed by atoms with Crippen molar-refractivity contribution in [3.05, 3.63) is 64.6 Å². The Morgan fingerprint density at radius 2 is 1.98 bits per heavy atom. The molecule has 1 saturated heterocycles. The second-order valence-electron chi connectivity index (χ2n) is 10.9. The molecule has 2 aliphatic rings. The van der Waals surface area contributed by atoms with Gasteiger partial charge >= 0.3 is 0 Å². The van der Waals surface area contributed by atoms with E-state index in [4.69, 9.17) is 16.1 Å². The number of likely N-dealkylation sites (tertiary alicyclic amines) is 1. The molecule has 1 aromatic heterocycles. The Kier molecular flexibility index (Phi) is 8.42. The van der Waals surface area contributed by atoms with Crippen LogP contribution in [0, 0.1) is 11.7 Å². The van der Waals surface area contributed by atoms with Gasteiger partial charge in [0, 0.05) is 47.3 Å². The number of nitrogens with one attached hydrogen (secondary N) is 1. The molecule has 1 aliphatic carbocycles. The summed E-state index contributed by atoms with van der Waals surface area (Å²) in [7, 11) is -3.10. The number of halogens is 2. The summed E-state index contributed by atoms with van der Waals surface area (Å²) < 4.78 is 34.7. The first-order chi connectivity index (χ1) is 19.5. The summed E-state index contributed by atoms with van der Waals surface area (Å²) >= 11 is 5.89. The molecule has 1 saturated carbocycles. The van der Waals surface area contributed by atoms with Crippen LogP contribution in [0.5, 0.6) is 0 Å². The van der Waals surface area contributed by atoms with Crippen LogP contribution in [-0.2, 0) is 31.8 Å². The summed E-state index contributed by atoms with van der Waals surface area (Å²) in [6.45, 7) is 4.94. The van der Waals surface area contributed by atoms with Gasteiger partial charge in [-0.15, -0.1) is 0 Å². The number of carbonyl (C=O) groups excluding carboxylic acids is 3. The van der Waals surface area contributed by atoms with Gasteiger partial charge in [-0.1, -0.05) is 36.2 Å². The molecule has 0 radical (unpaired) electrons. The van der Waals surface area contributed by atoms with Crippen LogP contribution < -0.4 is 10.6 Å². The number of amides is 2. The molecule has 11 heteroatoms. The Balaban J connectivity index is 1.43. The second-order valence-corrected chi connectivity index (χ2v) is 13.8. The highest BCUT2D eigenvalue weighted by Crippen LogP contribution is 2.43. The molecule has 1 aliphatic heterocycles. The number of benzene rings is 2. The first kappa shape index (κ1) is 29.5. The van der Waals surface area contributed by atoms with E-state index >= 15 is 0 Å². The maximum atomic E-state index is 14.4. The molecule has 5 rings (SSSR count). The molecule has 1 unspecified atom stereocenters. The van der Waals surface area contributed by atoms with Crippen LogP contribution in [0.4, 0.5) is 4.39 Å². The molecule has 4 atom stereocenters. The zero-order valence-corrected chi connectivity index (χ0v) is 25.0. The molecule has 218 valence electrons. The van der Waals surface area contributed by atoms with Crippen molar-refractivity contribution in [1.29, 1.82) is 0 Å². The zero-order valence-electron chi connectivity index (χ0n) is 23.4. The fourth-order valence-electron chi connectivity index (χ4n) is 6.36. The van der Waals surface area contributed by atoms with Crippen LogP contribution in [0.1, 0.15) is 55.5 Å². The number of rotatable bonds is 9. The van der Waals surface area contributed by atoms with E-state index in [0.29, 0.717) is 28.2 Å². The van der Waals surface area contributed by atoms with Crippen molar-refractivity contribution in [2.24, 2.45) is 5.92 Å². The Morgan fingerprint density at radius 3 is 2.71 bits per heavy atom. The van der Waals surface area contributed by atoms with E-state index in [9.17, 15) is 23.3 Å². The summed E-state index contributed by atoms with van der Waals surface area (Å²) in [5.41, 5.74) is 1.33. The molecular formula is C30H34ClFN3O5P. The molecule has 2 amide bonds. The fraction of sp³-hybridized carbons (Fsp3) is 0.433. The highest BCUT2D eigenvalue weighted by molar-refractivity contribution is 7.66. The van der Waals surface area contributed by atoms with E-state index in [1.807, 2.05) is 0 Å². The van der Waals surface area contributed by atoms with Gasteiger partial charge in [-0.3, -0.25) is 18.9 Å². The van der Waals surface area contributed by atoms with Gasteiger partial charge < -0.3 is 19.3 Å². The van der Waals surface area contributed by atoms with Crippen molar-refractivity contribution in [3.8, 4) is 0 Å². The molecule has 0 bridgehead atoms. The number of fused-ring (bicyclic) bond motifs is 2. The highest BCUT2D eigenvalue weighted by Gasteiger charge is 2.48. The fourth-order valence-corrected chi connectivity index (χ4v) is 7.90. The largest absolute Gasteiger partial charge is 0.350 e. The number of Topliss-reactive ketones (excluding diaryl/α,β-unsaturated/α-hetero) is 1. The van der Waals surface area contributed by atoms with Gasteiger partial charge in [0.15, 0.2) is 5.78 Å². The highest BCUT2D eigenvalue weighted by atomic mass is 35.5. The average Bonchev–Trinajstić information content (AvgIpc) is 3.62. The van der Waals surface area contributed by atoms with E-state index in [-0.39, 0.29) is 59.8 Å². The molecule has 41 heavy (non-hydrogen) atoms. The third kappa shape index (κ3) is 5.72. The predicted molar refractivity (Wildman–Crippen MR) is 156 cm³/mol. The maximum Gasteiger partial charge on any atom is 0.243 e. The second kappa shape index (κ2) is 11.7. The lowest BCUT2D eigenvalue weighted by Gasteiger charge is -2.29. The Bertz CT molecular complexity index is 1570. The minimum Gasteiger partial charge on any atom is -0.350 e. The van der Waals surface area contributed by atoms with E-state index < -0.39 is 19.2 Å². The van der Waals surface area contributed by atoms with E-state index in [0.717, 1.165) is 19.3 Å². The number of hydrogen-bond acceptors (Lipinski definition) is 5. The van der Waals surface area contributed by atoms with Crippen LogP contribution >= 0.6 is 19.0 Å². The standard InChI is InChI=1S/C30H34ClFN3O5P/c1-4-40-41(3,39)21-11-12-22-23(18(2)36)16-34(26(22)14-21)17-28(37)35-25-10-6-7-19(25)13-27(35)30(38)33-15-20-8-5-9-24(31)29(20)32/h5,8-9,11-12,14,16,19,25,27H,4,6-7,10,13,15,17H2,1-3H3,(H,33,38)/t19-,25-,27+,41?/m1/s1. The average molecular weight is 602 g/mol.